The van der Waals surface area contributed by atoms with Gasteiger partial charge in [-0.15, -0.1) is 0 Å². The Bertz CT molecular complexity index is 493. The van der Waals surface area contributed by atoms with E-state index < -0.39 is 5.92 Å². The Morgan fingerprint density at radius 1 is 0.947 bits per heavy atom. The van der Waals surface area contributed by atoms with Gasteiger partial charge in [-0.05, 0) is 19.9 Å². The third-order valence-corrected chi connectivity index (χ3v) is 2.97. The second-order valence-corrected chi connectivity index (χ2v) is 4.10. The van der Waals surface area contributed by atoms with Crippen LogP contribution < -0.4 is 14.2 Å². The summed E-state index contributed by atoms with van der Waals surface area (Å²) in [5.41, 5.74) is 0.308. The summed E-state index contributed by atoms with van der Waals surface area (Å²) in [6.07, 6.45) is 0. The number of carbonyl (C=O) groups excluding carboxylic acids is 2. The van der Waals surface area contributed by atoms with Gasteiger partial charge in [0.1, 0.15) is 11.5 Å². The van der Waals surface area contributed by atoms with Crippen molar-refractivity contribution in [3.8, 4) is 17.2 Å². The summed E-state index contributed by atoms with van der Waals surface area (Å²) in [6.45, 7) is 2.95. The van der Waals surface area contributed by atoms with Gasteiger partial charge >= 0.3 is 0 Å². The van der Waals surface area contributed by atoms with Crippen LogP contribution in [0, 0.1) is 5.92 Å². The fourth-order valence-electron chi connectivity index (χ4n) is 1.64. The lowest BCUT2D eigenvalue weighted by atomic mass is 9.95. The van der Waals surface area contributed by atoms with Crippen LogP contribution in [0.1, 0.15) is 24.2 Å². The fourth-order valence-corrected chi connectivity index (χ4v) is 1.64. The molecule has 19 heavy (non-hydrogen) atoms. The predicted molar refractivity (Wildman–Crippen MR) is 70.3 cm³/mol. The summed E-state index contributed by atoms with van der Waals surface area (Å²) < 4.78 is 15.5. The van der Waals surface area contributed by atoms with E-state index in [1.165, 1.54) is 34.3 Å². The summed E-state index contributed by atoms with van der Waals surface area (Å²) in [5.74, 6) is 0.0312. The SMILES string of the molecule is COc1cc(OC)c(C(=O)C(C)C(C)=O)cc1OC. The zero-order chi connectivity index (χ0) is 14.6. The van der Waals surface area contributed by atoms with Gasteiger partial charge in [0.05, 0.1) is 32.8 Å². The molecular weight excluding hydrogens is 248 g/mol. The van der Waals surface area contributed by atoms with E-state index in [1.54, 1.807) is 13.0 Å². The number of ether oxygens (including phenoxy) is 3. The van der Waals surface area contributed by atoms with Gasteiger partial charge in [0, 0.05) is 6.07 Å². The standard InChI is InChI=1S/C14H18O5/c1-8(9(2)15)14(16)10-6-12(18-4)13(19-5)7-11(10)17-3/h6-8H,1-5H3. The van der Waals surface area contributed by atoms with E-state index in [-0.39, 0.29) is 11.6 Å². The minimum atomic E-state index is -0.716. The third-order valence-electron chi connectivity index (χ3n) is 2.97. The van der Waals surface area contributed by atoms with Gasteiger partial charge in [0.25, 0.3) is 0 Å². The van der Waals surface area contributed by atoms with Gasteiger partial charge in [-0.2, -0.15) is 0 Å². The number of Topliss-reactive ketones (excluding diaryl/α,β-unsaturated/α-hetero) is 2. The molecule has 0 spiro atoms. The molecule has 0 aliphatic carbocycles. The highest BCUT2D eigenvalue weighted by molar-refractivity contribution is 6.11. The summed E-state index contributed by atoms with van der Waals surface area (Å²) in [6, 6.07) is 3.10. The van der Waals surface area contributed by atoms with Crippen LogP contribution in [0.25, 0.3) is 0 Å². The first-order valence-corrected chi connectivity index (χ1v) is 5.80. The molecule has 0 aromatic heterocycles. The van der Waals surface area contributed by atoms with Crippen LogP contribution in [0.4, 0.5) is 0 Å². The topological polar surface area (TPSA) is 61.8 Å². The Balaban J connectivity index is 3.33. The molecule has 1 atom stereocenters. The van der Waals surface area contributed by atoms with E-state index in [0.29, 0.717) is 22.8 Å². The molecule has 104 valence electrons. The Morgan fingerprint density at radius 2 is 1.42 bits per heavy atom. The second kappa shape index (κ2) is 6.22. The highest BCUT2D eigenvalue weighted by atomic mass is 16.5. The Morgan fingerprint density at radius 3 is 1.84 bits per heavy atom. The zero-order valence-corrected chi connectivity index (χ0v) is 11.8. The lowest BCUT2D eigenvalue weighted by Gasteiger charge is -2.15. The van der Waals surface area contributed by atoms with Crippen molar-refractivity contribution in [3.63, 3.8) is 0 Å². The van der Waals surface area contributed by atoms with Gasteiger partial charge in [-0.3, -0.25) is 9.59 Å². The zero-order valence-electron chi connectivity index (χ0n) is 11.8. The maximum Gasteiger partial charge on any atom is 0.176 e. The lowest BCUT2D eigenvalue weighted by Crippen LogP contribution is -2.19. The van der Waals surface area contributed by atoms with Crippen molar-refractivity contribution in [1.82, 2.24) is 0 Å². The molecule has 0 saturated carbocycles. The van der Waals surface area contributed by atoms with E-state index >= 15 is 0 Å². The molecule has 5 nitrogen and oxygen atoms in total. The maximum absolute atomic E-state index is 12.2. The van der Waals surface area contributed by atoms with Crippen LogP contribution in [0.5, 0.6) is 17.2 Å². The Hall–Kier alpha value is -2.04. The molecule has 1 rings (SSSR count). The molecule has 0 aliphatic rings. The largest absolute Gasteiger partial charge is 0.496 e. The quantitative estimate of drug-likeness (QED) is 0.583. The van der Waals surface area contributed by atoms with Crippen LogP contribution in [-0.4, -0.2) is 32.9 Å². The van der Waals surface area contributed by atoms with Crippen LogP contribution in [-0.2, 0) is 4.79 Å². The molecular formula is C14H18O5. The van der Waals surface area contributed by atoms with Gasteiger partial charge in [-0.1, -0.05) is 0 Å². The number of methoxy groups -OCH3 is 3. The third kappa shape index (κ3) is 3.05. The molecule has 0 fully saturated rings. The number of ketones is 2. The highest BCUT2D eigenvalue weighted by Crippen LogP contribution is 2.35. The molecule has 0 radical (unpaired) electrons. The number of rotatable bonds is 6. The van der Waals surface area contributed by atoms with E-state index in [9.17, 15) is 9.59 Å². The van der Waals surface area contributed by atoms with E-state index in [1.807, 2.05) is 0 Å². The molecule has 1 unspecified atom stereocenters. The van der Waals surface area contributed by atoms with E-state index in [2.05, 4.69) is 0 Å². The molecule has 1 aromatic rings. The first kappa shape index (κ1) is 15.0. The first-order chi connectivity index (χ1) is 8.96. The lowest BCUT2D eigenvalue weighted by molar-refractivity contribution is -0.118. The van der Waals surface area contributed by atoms with E-state index in [0.717, 1.165) is 0 Å². The maximum atomic E-state index is 12.2. The molecule has 0 N–H and O–H groups in total. The summed E-state index contributed by atoms with van der Waals surface area (Å²) in [7, 11) is 4.43. The number of hydrogen-bond acceptors (Lipinski definition) is 5. The van der Waals surface area contributed by atoms with Crippen molar-refractivity contribution in [1.29, 1.82) is 0 Å². The minimum Gasteiger partial charge on any atom is -0.496 e. The van der Waals surface area contributed by atoms with Crippen molar-refractivity contribution >= 4 is 11.6 Å². The van der Waals surface area contributed by atoms with Crippen LogP contribution in [0.3, 0.4) is 0 Å². The molecule has 5 heteroatoms. The normalized spacial score (nSPS) is 11.6. The molecule has 1 aromatic carbocycles. The minimum absolute atomic E-state index is 0.193. The first-order valence-electron chi connectivity index (χ1n) is 5.80. The highest BCUT2D eigenvalue weighted by Gasteiger charge is 2.24. The summed E-state index contributed by atoms with van der Waals surface area (Å²) >= 11 is 0. The van der Waals surface area contributed by atoms with Crippen LogP contribution in [0.2, 0.25) is 0 Å². The van der Waals surface area contributed by atoms with Gasteiger partial charge < -0.3 is 14.2 Å². The molecule has 0 bridgehead atoms. The van der Waals surface area contributed by atoms with Crippen LogP contribution in [0.15, 0.2) is 12.1 Å². The van der Waals surface area contributed by atoms with Gasteiger partial charge in [0.2, 0.25) is 0 Å². The molecule has 0 heterocycles. The smallest absolute Gasteiger partial charge is 0.176 e. The van der Waals surface area contributed by atoms with Crippen molar-refractivity contribution in [2.24, 2.45) is 5.92 Å². The Kier molecular flexibility index (Phi) is 4.92. The van der Waals surface area contributed by atoms with Crippen LogP contribution >= 0.6 is 0 Å². The summed E-state index contributed by atoms with van der Waals surface area (Å²) in [5, 5.41) is 0. The number of carbonyl (C=O) groups is 2. The van der Waals surface area contributed by atoms with Crippen molar-refractivity contribution < 1.29 is 23.8 Å². The van der Waals surface area contributed by atoms with Crippen molar-refractivity contribution in [2.75, 3.05) is 21.3 Å². The monoisotopic (exact) mass is 266 g/mol. The van der Waals surface area contributed by atoms with Crippen molar-refractivity contribution in [3.05, 3.63) is 17.7 Å². The average Bonchev–Trinajstić information content (AvgIpc) is 2.43. The summed E-state index contributed by atoms with van der Waals surface area (Å²) in [4.78, 5) is 23.6. The second-order valence-electron chi connectivity index (χ2n) is 4.10. The van der Waals surface area contributed by atoms with E-state index in [4.69, 9.17) is 14.2 Å². The Labute approximate surface area is 112 Å². The van der Waals surface area contributed by atoms with Gasteiger partial charge in [0.15, 0.2) is 17.3 Å². The average molecular weight is 266 g/mol. The molecule has 0 amide bonds. The predicted octanol–water partition coefficient (Wildman–Crippen LogP) is 2.12. The molecule has 0 aliphatic heterocycles. The molecule has 0 saturated heterocycles. The fraction of sp³-hybridized carbons (Fsp3) is 0.429. The number of hydrogen-bond donors (Lipinski definition) is 0. The number of benzene rings is 1. The van der Waals surface area contributed by atoms with Crippen molar-refractivity contribution in [2.45, 2.75) is 13.8 Å². The van der Waals surface area contributed by atoms with Gasteiger partial charge in [-0.25, -0.2) is 0 Å².